The number of hydrogen-bond donors (Lipinski definition) is 1. The highest BCUT2D eigenvalue weighted by Crippen LogP contribution is 2.41. The van der Waals surface area contributed by atoms with Gasteiger partial charge in [-0.2, -0.15) is 5.26 Å². The molecule has 3 aromatic carbocycles. The predicted molar refractivity (Wildman–Crippen MR) is 128 cm³/mol. The Labute approximate surface area is 198 Å². The minimum atomic E-state index is -1.13. The number of allylic oxidation sites excluding steroid dienone is 1. The number of esters is 1. The Kier molecular flexibility index (Phi) is 6.63. The van der Waals surface area contributed by atoms with Crippen LogP contribution in [-0.2, 0) is 20.1 Å². The van der Waals surface area contributed by atoms with E-state index in [-0.39, 0.29) is 0 Å². The minimum Gasteiger partial charge on any atom is -0.468 e. The number of nitriles is 1. The predicted octanol–water partition coefficient (Wildman–Crippen LogP) is 5.27. The fraction of sp³-hybridized carbons (Fsp3) is 0.160. The normalized spacial score (nSPS) is 18.2. The minimum absolute atomic E-state index is 0.351. The summed E-state index contributed by atoms with van der Waals surface area (Å²) in [5.41, 5.74) is 2.12. The first kappa shape index (κ1) is 22.1. The quantitative estimate of drug-likeness (QED) is 0.376. The van der Waals surface area contributed by atoms with Crippen LogP contribution in [0.25, 0.3) is 10.8 Å². The molecule has 5 nitrogen and oxygen atoms in total. The summed E-state index contributed by atoms with van der Waals surface area (Å²) in [4.78, 5) is 25.4. The molecule has 0 spiro atoms. The molecule has 0 unspecified atom stereocenters. The van der Waals surface area contributed by atoms with Crippen LogP contribution in [0.2, 0.25) is 0 Å². The fourth-order valence-electron chi connectivity index (χ4n) is 3.86. The molecule has 0 fully saturated rings. The zero-order chi connectivity index (χ0) is 22.7. The van der Waals surface area contributed by atoms with Crippen molar-refractivity contribution in [2.45, 2.75) is 11.7 Å². The van der Waals surface area contributed by atoms with E-state index in [9.17, 15) is 14.9 Å². The van der Waals surface area contributed by atoms with Gasteiger partial charge in [0, 0.05) is 16.1 Å². The highest BCUT2D eigenvalue weighted by atomic mass is 79.9. The van der Waals surface area contributed by atoms with Crippen molar-refractivity contribution in [3.05, 3.63) is 92.9 Å². The van der Waals surface area contributed by atoms with E-state index < -0.39 is 23.7 Å². The first-order chi connectivity index (χ1) is 15.5. The summed E-state index contributed by atoms with van der Waals surface area (Å²) in [5.74, 6) is -2.42. The molecule has 3 aromatic rings. The average molecular weight is 507 g/mol. The molecule has 7 heteroatoms. The molecular formula is C25H19BrN2O3S. The molecule has 1 aliphatic heterocycles. The Morgan fingerprint density at radius 1 is 1.12 bits per heavy atom. The van der Waals surface area contributed by atoms with E-state index in [4.69, 9.17) is 4.74 Å². The van der Waals surface area contributed by atoms with Gasteiger partial charge in [-0.25, -0.2) is 0 Å². The molecule has 1 amide bonds. The highest BCUT2D eigenvalue weighted by molar-refractivity contribution is 9.10. The number of rotatable bonds is 5. The van der Waals surface area contributed by atoms with Crippen LogP contribution in [0, 0.1) is 17.2 Å². The number of methoxy groups -OCH3 is 1. The van der Waals surface area contributed by atoms with Crippen molar-refractivity contribution in [2.75, 3.05) is 7.11 Å². The highest BCUT2D eigenvalue weighted by Gasteiger charge is 2.44. The van der Waals surface area contributed by atoms with Gasteiger partial charge in [0.1, 0.15) is 5.92 Å². The smallest absolute Gasteiger partial charge is 0.319 e. The van der Waals surface area contributed by atoms with Crippen LogP contribution in [-0.4, -0.2) is 19.0 Å². The van der Waals surface area contributed by atoms with Gasteiger partial charge in [-0.15, -0.1) is 11.8 Å². The number of amides is 1. The second kappa shape index (κ2) is 9.60. The van der Waals surface area contributed by atoms with Gasteiger partial charge in [-0.05, 0) is 34.0 Å². The number of ether oxygens (including phenoxy) is 1. The van der Waals surface area contributed by atoms with Crippen molar-refractivity contribution in [3.63, 3.8) is 0 Å². The van der Waals surface area contributed by atoms with Crippen molar-refractivity contribution < 1.29 is 14.3 Å². The van der Waals surface area contributed by atoms with Gasteiger partial charge in [-0.3, -0.25) is 9.59 Å². The van der Waals surface area contributed by atoms with Crippen molar-refractivity contribution in [3.8, 4) is 6.07 Å². The van der Waals surface area contributed by atoms with Crippen LogP contribution in [0.15, 0.2) is 81.8 Å². The molecule has 2 atom stereocenters. The lowest BCUT2D eigenvalue weighted by atomic mass is 9.78. The van der Waals surface area contributed by atoms with Crippen LogP contribution < -0.4 is 5.32 Å². The first-order valence-corrected chi connectivity index (χ1v) is 11.7. The monoisotopic (exact) mass is 506 g/mol. The number of benzene rings is 3. The van der Waals surface area contributed by atoms with Crippen molar-refractivity contribution in [1.82, 2.24) is 5.32 Å². The van der Waals surface area contributed by atoms with Crippen LogP contribution in [0.1, 0.15) is 17.0 Å². The zero-order valence-corrected chi connectivity index (χ0v) is 19.6. The van der Waals surface area contributed by atoms with Crippen molar-refractivity contribution >= 4 is 50.3 Å². The van der Waals surface area contributed by atoms with Crippen molar-refractivity contribution in [2.24, 2.45) is 5.92 Å². The van der Waals surface area contributed by atoms with E-state index in [1.807, 2.05) is 42.5 Å². The Hall–Kier alpha value is -3.08. The van der Waals surface area contributed by atoms with Crippen LogP contribution >= 0.6 is 27.7 Å². The van der Waals surface area contributed by atoms with E-state index in [0.29, 0.717) is 21.9 Å². The Morgan fingerprint density at radius 2 is 1.91 bits per heavy atom. The summed E-state index contributed by atoms with van der Waals surface area (Å²) < 4.78 is 5.69. The van der Waals surface area contributed by atoms with E-state index in [0.717, 1.165) is 20.8 Å². The third-order valence-electron chi connectivity index (χ3n) is 5.39. The molecule has 0 aromatic heterocycles. The summed E-state index contributed by atoms with van der Waals surface area (Å²) in [7, 11) is 1.24. The molecule has 160 valence electrons. The molecule has 0 saturated heterocycles. The number of nitrogens with zero attached hydrogens (tertiary/aromatic N) is 1. The van der Waals surface area contributed by atoms with E-state index >= 15 is 0 Å². The summed E-state index contributed by atoms with van der Waals surface area (Å²) in [6.45, 7) is 0. The molecule has 0 aliphatic carbocycles. The van der Waals surface area contributed by atoms with Gasteiger partial charge in [0.25, 0.3) is 0 Å². The summed E-state index contributed by atoms with van der Waals surface area (Å²) in [5, 5.41) is 15.5. The van der Waals surface area contributed by atoms with Crippen molar-refractivity contribution in [1.29, 1.82) is 5.26 Å². The fourth-order valence-corrected chi connectivity index (χ4v) is 5.27. The molecule has 32 heavy (non-hydrogen) atoms. The third kappa shape index (κ3) is 4.43. The Balaban J connectivity index is 1.71. The van der Waals surface area contributed by atoms with Gasteiger partial charge in [0.2, 0.25) is 5.91 Å². The Bertz CT molecular complexity index is 1280. The van der Waals surface area contributed by atoms with Crippen LogP contribution in [0.4, 0.5) is 0 Å². The van der Waals surface area contributed by atoms with Gasteiger partial charge in [0.15, 0.2) is 0 Å². The number of hydrogen-bond acceptors (Lipinski definition) is 5. The van der Waals surface area contributed by atoms with E-state index in [2.05, 4.69) is 51.6 Å². The summed E-state index contributed by atoms with van der Waals surface area (Å²) in [6, 6.07) is 23.8. The standard InChI is InChI=1S/C25H19BrN2O3S/c1-31-25(30)22-21(18-7-4-8-19(26)12-18)20(13-27)24(28-23(22)29)32-14-15-9-10-16-5-2-3-6-17(16)11-15/h2-12,21-22H,14H2,1H3,(H,28,29)/t21-,22+/m0/s1. The topological polar surface area (TPSA) is 79.2 Å². The lowest BCUT2D eigenvalue weighted by molar-refractivity contribution is -0.150. The second-order valence-corrected chi connectivity index (χ2v) is 9.25. The van der Waals surface area contributed by atoms with E-state index in [1.165, 1.54) is 18.9 Å². The molecule has 1 heterocycles. The SMILES string of the molecule is COC(=O)[C@H]1C(=O)NC(SCc2ccc3ccccc3c2)=C(C#N)[C@@H]1c1cccc(Br)c1. The number of carbonyl (C=O) groups is 2. The number of fused-ring (bicyclic) bond motifs is 1. The van der Waals surface area contributed by atoms with Gasteiger partial charge < -0.3 is 10.1 Å². The average Bonchev–Trinajstić information content (AvgIpc) is 2.81. The third-order valence-corrected chi connectivity index (χ3v) is 6.97. The van der Waals surface area contributed by atoms with Gasteiger partial charge >= 0.3 is 5.97 Å². The maximum Gasteiger partial charge on any atom is 0.319 e. The number of nitrogens with one attached hydrogen (secondary N) is 1. The molecule has 4 rings (SSSR count). The van der Waals surface area contributed by atoms with Gasteiger partial charge in [-0.1, -0.05) is 70.5 Å². The molecule has 0 bridgehead atoms. The maximum atomic E-state index is 12.9. The summed E-state index contributed by atoms with van der Waals surface area (Å²) in [6.07, 6.45) is 0. The largest absolute Gasteiger partial charge is 0.468 e. The maximum absolute atomic E-state index is 12.9. The van der Waals surface area contributed by atoms with Crippen LogP contribution in [0.5, 0.6) is 0 Å². The number of thioether (sulfide) groups is 1. The first-order valence-electron chi connectivity index (χ1n) is 9.90. The second-order valence-electron chi connectivity index (χ2n) is 7.35. The molecule has 1 aliphatic rings. The molecule has 1 N–H and O–H groups in total. The number of halogens is 1. The lowest BCUT2D eigenvalue weighted by Gasteiger charge is -2.31. The van der Waals surface area contributed by atoms with Gasteiger partial charge in [0.05, 0.1) is 23.8 Å². The molecular weight excluding hydrogens is 488 g/mol. The summed E-state index contributed by atoms with van der Waals surface area (Å²) >= 11 is 4.82. The lowest BCUT2D eigenvalue weighted by Crippen LogP contribution is -2.44. The molecule has 0 radical (unpaired) electrons. The number of carbonyl (C=O) groups excluding carboxylic acids is 2. The molecule has 0 saturated carbocycles. The van der Waals surface area contributed by atoms with Crippen LogP contribution in [0.3, 0.4) is 0 Å². The zero-order valence-electron chi connectivity index (χ0n) is 17.2. The Morgan fingerprint density at radius 3 is 2.62 bits per heavy atom. The van der Waals surface area contributed by atoms with E-state index in [1.54, 1.807) is 0 Å².